The molecule has 1 aliphatic heterocycles. The number of halogens is 1. The number of sulfonamides is 1. The number of carbonyl (C=O) groups excluding carboxylic acids is 1. The maximum absolute atomic E-state index is 13.6. The summed E-state index contributed by atoms with van der Waals surface area (Å²) < 4.78 is 40.4. The highest BCUT2D eigenvalue weighted by Gasteiger charge is 2.23. The predicted molar refractivity (Wildman–Crippen MR) is 98.3 cm³/mol. The molecule has 1 saturated heterocycles. The molecule has 0 saturated carbocycles. The Kier molecular flexibility index (Phi) is 6.02. The summed E-state index contributed by atoms with van der Waals surface area (Å²) in [7, 11) is -3.86. The summed E-state index contributed by atoms with van der Waals surface area (Å²) in [5.74, 6) is -0.730. The van der Waals surface area contributed by atoms with Gasteiger partial charge in [-0.15, -0.1) is 0 Å². The molecular formula is C17H20FN3O3S2. The van der Waals surface area contributed by atoms with Crippen LogP contribution in [0.5, 0.6) is 0 Å². The average molecular weight is 397 g/mol. The Morgan fingerprint density at radius 3 is 2.54 bits per heavy atom. The second-order valence-electron chi connectivity index (χ2n) is 5.97. The standard InChI is InChI=1S/C17H20FN3O3S2/c18-15-3-1-2-4-16(15)26(23,24)19-6-7-20-8-10-21(11-9-20)17(22)14-5-12-25-13-14/h1-5,12-13,19H,6-11H2. The van der Waals surface area contributed by atoms with Crippen molar-refractivity contribution in [3.05, 3.63) is 52.5 Å². The monoisotopic (exact) mass is 397 g/mol. The van der Waals surface area contributed by atoms with Crippen molar-refractivity contribution in [2.45, 2.75) is 4.90 Å². The summed E-state index contributed by atoms with van der Waals surface area (Å²) in [6, 6.07) is 7.12. The number of nitrogens with one attached hydrogen (secondary N) is 1. The van der Waals surface area contributed by atoms with Crippen molar-refractivity contribution in [3.8, 4) is 0 Å². The van der Waals surface area contributed by atoms with E-state index in [1.165, 1.54) is 29.5 Å². The van der Waals surface area contributed by atoms with E-state index >= 15 is 0 Å². The molecular weight excluding hydrogens is 377 g/mol. The van der Waals surface area contributed by atoms with Gasteiger partial charge in [0, 0.05) is 44.6 Å². The van der Waals surface area contributed by atoms with Crippen molar-refractivity contribution in [2.75, 3.05) is 39.3 Å². The minimum Gasteiger partial charge on any atom is -0.336 e. The lowest BCUT2D eigenvalue weighted by Gasteiger charge is -2.34. The van der Waals surface area contributed by atoms with Gasteiger partial charge in [-0.3, -0.25) is 9.69 Å². The lowest BCUT2D eigenvalue weighted by Crippen LogP contribution is -2.50. The minimum atomic E-state index is -3.86. The fourth-order valence-corrected chi connectivity index (χ4v) is 4.55. The molecule has 0 aliphatic carbocycles. The molecule has 140 valence electrons. The van der Waals surface area contributed by atoms with Crippen molar-refractivity contribution >= 4 is 27.3 Å². The normalized spacial score (nSPS) is 16.0. The SMILES string of the molecule is O=C(c1ccsc1)N1CCN(CCNS(=O)(=O)c2ccccc2F)CC1. The van der Waals surface area contributed by atoms with Crippen LogP contribution in [0.25, 0.3) is 0 Å². The van der Waals surface area contributed by atoms with E-state index in [9.17, 15) is 17.6 Å². The van der Waals surface area contributed by atoms with Gasteiger partial charge in [-0.25, -0.2) is 17.5 Å². The number of nitrogens with zero attached hydrogens (tertiary/aromatic N) is 2. The van der Waals surface area contributed by atoms with Crippen LogP contribution in [0.1, 0.15) is 10.4 Å². The smallest absolute Gasteiger partial charge is 0.254 e. The maximum Gasteiger partial charge on any atom is 0.254 e. The third-order valence-corrected chi connectivity index (χ3v) is 6.45. The fourth-order valence-electron chi connectivity index (χ4n) is 2.82. The molecule has 0 atom stereocenters. The zero-order valence-electron chi connectivity index (χ0n) is 14.1. The van der Waals surface area contributed by atoms with Crippen LogP contribution < -0.4 is 4.72 Å². The van der Waals surface area contributed by atoms with E-state index in [4.69, 9.17) is 0 Å². The molecule has 2 heterocycles. The van der Waals surface area contributed by atoms with Crippen LogP contribution in [0.15, 0.2) is 46.0 Å². The molecule has 2 aromatic rings. The van der Waals surface area contributed by atoms with Crippen LogP contribution in [0.2, 0.25) is 0 Å². The van der Waals surface area contributed by atoms with Gasteiger partial charge in [0.05, 0.1) is 5.56 Å². The van der Waals surface area contributed by atoms with Crippen molar-refractivity contribution < 1.29 is 17.6 Å². The molecule has 0 spiro atoms. The summed E-state index contributed by atoms with van der Waals surface area (Å²) in [5, 5.41) is 3.72. The van der Waals surface area contributed by atoms with Crippen LogP contribution in [0.3, 0.4) is 0 Å². The molecule has 1 fully saturated rings. The van der Waals surface area contributed by atoms with E-state index in [2.05, 4.69) is 9.62 Å². The molecule has 1 N–H and O–H groups in total. The third-order valence-electron chi connectivity index (χ3n) is 4.27. The van der Waals surface area contributed by atoms with Gasteiger partial charge in [-0.1, -0.05) is 12.1 Å². The lowest BCUT2D eigenvalue weighted by atomic mass is 10.2. The zero-order chi connectivity index (χ0) is 18.6. The molecule has 1 aromatic carbocycles. The highest BCUT2D eigenvalue weighted by molar-refractivity contribution is 7.89. The summed E-state index contributed by atoms with van der Waals surface area (Å²) in [5.41, 5.74) is 0.709. The lowest BCUT2D eigenvalue weighted by molar-refractivity contribution is 0.0640. The number of thiophene rings is 1. The number of rotatable bonds is 6. The van der Waals surface area contributed by atoms with E-state index in [1.54, 1.807) is 0 Å². The van der Waals surface area contributed by atoms with Gasteiger partial charge in [0.1, 0.15) is 10.7 Å². The number of carbonyl (C=O) groups is 1. The number of amides is 1. The van der Waals surface area contributed by atoms with E-state index in [0.29, 0.717) is 38.3 Å². The third kappa shape index (κ3) is 4.47. The molecule has 6 nitrogen and oxygen atoms in total. The van der Waals surface area contributed by atoms with Gasteiger partial charge in [-0.2, -0.15) is 11.3 Å². The van der Waals surface area contributed by atoms with Gasteiger partial charge >= 0.3 is 0 Å². The summed E-state index contributed by atoms with van der Waals surface area (Å²) in [6.07, 6.45) is 0. The average Bonchev–Trinajstić information content (AvgIpc) is 3.16. The summed E-state index contributed by atoms with van der Waals surface area (Å²) >= 11 is 1.50. The van der Waals surface area contributed by atoms with Gasteiger partial charge in [0.2, 0.25) is 10.0 Å². The van der Waals surface area contributed by atoms with Crippen LogP contribution in [-0.4, -0.2) is 63.4 Å². The maximum atomic E-state index is 13.6. The molecule has 0 bridgehead atoms. The van der Waals surface area contributed by atoms with E-state index in [-0.39, 0.29) is 17.3 Å². The van der Waals surface area contributed by atoms with Crippen molar-refractivity contribution in [1.29, 1.82) is 0 Å². The van der Waals surface area contributed by atoms with E-state index in [1.807, 2.05) is 21.7 Å². The van der Waals surface area contributed by atoms with Crippen LogP contribution in [0, 0.1) is 5.82 Å². The number of benzene rings is 1. The Morgan fingerprint density at radius 1 is 1.15 bits per heavy atom. The molecule has 1 aromatic heterocycles. The minimum absolute atomic E-state index is 0.0335. The van der Waals surface area contributed by atoms with Gasteiger partial charge in [0.25, 0.3) is 5.91 Å². The predicted octanol–water partition coefficient (Wildman–Crippen LogP) is 1.62. The Morgan fingerprint density at radius 2 is 1.88 bits per heavy atom. The van der Waals surface area contributed by atoms with Crippen LogP contribution >= 0.6 is 11.3 Å². The quantitative estimate of drug-likeness (QED) is 0.804. The van der Waals surface area contributed by atoms with Crippen LogP contribution in [-0.2, 0) is 10.0 Å². The van der Waals surface area contributed by atoms with Crippen molar-refractivity contribution in [3.63, 3.8) is 0 Å². The number of piperazine rings is 1. The molecule has 0 radical (unpaired) electrons. The highest BCUT2D eigenvalue weighted by atomic mass is 32.2. The second-order valence-corrected chi connectivity index (χ2v) is 8.49. The molecule has 3 rings (SSSR count). The summed E-state index contributed by atoms with van der Waals surface area (Å²) in [4.78, 5) is 15.8. The van der Waals surface area contributed by atoms with E-state index in [0.717, 1.165) is 6.07 Å². The molecule has 0 unspecified atom stereocenters. The van der Waals surface area contributed by atoms with E-state index < -0.39 is 15.8 Å². The first-order valence-electron chi connectivity index (χ1n) is 8.25. The first-order valence-corrected chi connectivity index (χ1v) is 10.7. The first-order chi connectivity index (χ1) is 12.5. The topological polar surface area (TPSA) is 69.7 Å². The molecule has 26 heavy (non-hydrogen) atoms. The number of hydrogen-bond acceptors (Lipinski definition) is 5. The van der Waals surface area contributed by atoms with Gasteiger partial charge in [0.15, 0.2) is 0 Å². The highest BCUT2D eigenvalue weighted by Crippen LogP contribution is 2.14. The van der Waals surface area contributed by atoms with Crippen molar-refractivity contribution in [1.82, 2.24) is 14.5 Å². The van der Waals surface area contributed by atoms with Crippen LogP contribution in [0.4, 0.5) is 4.39 Å². The first kappa shape index (κ1) is 19.0. The van der Waals surface area contributed by atoms with Gasteiger partial charge in [-0.05, 0) is 23.6 Å². The Hall–Kier alpha value is -1.81. The summed E-state index contributed by atoms with van der Waals surface area (Å²) in [6.45, 7) is 3.27. The Labute approximate surface area is 156 Å². The van der Waals surface area contributed by atoms with Gasteiger partial charge < -0.3 is 4.90 Å². The fraction of sp³-hybridized carbons (Fsp3) is 0.353. The molecule has 1 aliphatic rings. The number of hydrogen-bond donors (Lipinski definition) is 1. The Bertz CT molecular complexity index is 848. The van der Waals surface area contributed by atoms with Crippen molar-refractivity contribution in [2.24, 2.45) is 0 Å². The molecule has 9 heteroatoms. The zero-order valence-corrected chi connectivity index (χ0v) is 15.7. The second kappa shape index (κ2) is 8.26. The molecule has 1 amide bonds. The largest absolute Gasteiger partial charge is 0.336 e. The Balaban J connectivity index is 1.46.